The maximum atomic E-state index is 12.4. The average Bonchev–Trinajstić information content (AvgIpc) is 2.79. The van der Waals surface area contributed by atoms with Crippen LogP contribution >= 0.6 is 0 Å². The van der Waals surface area contributed by atoms with E-state index < -0.39 is 0 Å². The third kappa shape index (κ3) is 6.60. The molecule has 0 radical (unpaired) electrons. The van der Waals surface area contributed by atoms with Crippen molar-refractivity contribution in [2.24, 2.45) is 0 Å². The van der Waals surface area contributed by atoms with E-state index in [2.05, 4.69) is 16.0 Å². The van der Waals surface area contributed by atoms with Gasteiger partial charge in [0, 0.05) is 17.8 Å². The SMILES string of the molecule is CCC(=O)Nc1cc(NC(=O)CNc2ccccc2OCc2ccccc2)ccc1C. The summed E-state index contributed by atoms with van der Waals surface area (Å²) in [4.78, 5) is 24.1. The first-order valence-electron chi connectivity index (χ1n) is 10.2. The van der Waals surface area contributed by atoms with Crippen LogP contribution in [0.5, 0.6) is 5.75 Å². The predicted molar refractivity (Wildman–Crippen MR) is 124 cm³/mol. The van der Waals surface area contributed by atoms with Crippen molar-refractivity contribution in [3.63, 3.8) is 0 Å². The Kier molecular flexibility index (Phi) is 7.65. The van der Waals surface area contributed by atoms with Crippen LogP contribution in [0.2, 0.25) is 0 Å². The van der Waals surface area contributed by atoms with E-state index in [1.54, 1.807) is 13.0 Å². The van der Waals surface area contributed by atoms with Gasteiger partial charge in [-0.3, -0.25) is 9.59 Å². The highest BCUT2D eigenvalue weighted by Crippen LogP contribution is 2.25. The van der Waals surface area contributed by atoms with Crippen LogP contribution in [0.4, 0.5) is 17.1 Å². The summed E-state index contributed by atoms with van der Waals surface area (Å²) in [5.41, 5.74) is 4.06. The van der Waals surface area contributed by atoms with E-state index in [4.69, 9.17) is 4.74 Å². The average molecular weight is 418 g/mol. The third-order valence-electron chi connectivity index (χ3n) is 4.68. The van der Waals surface area contributed by atoms with Crippen molar-refractivity contribution in [1.82, 2.24) is 0 Å². The highest BCUT2D eigenvalue weighted by Gasteiger charge is 2.09. The number of hydrogen-bond acceptors (Lipinski definition) is 4. The van der Waals surface area contributed by atoms with E-state index in [1.807, 2.05) is 73.7 Å². The first kappa shape index (κ1) is 21.9. The van der Waals surface area contributed by atoms with Crippen molar-refractivity contribution in [1.29, 1.82) is 0 Å². The number of aryl methyl sites for hydroxylation is 1. The maximum absolute atomic E-state index is 12.4. The van der Waals surface area contributed by atoms with Gasteiger partial charge >= 0.3 is 0 Å². The van der Waals surface area contributed by atoms with E-state index >= 15 is 0 Å². The lowest BCUT2D eigenvalue weighted by molar-refractivity contribution is -0.116. The molecule has 160 valence electrons. The van der Waals surface area contributed by atoms with E-state index in [1.165, 1.54) is 0 Å². The van der Waals surface area contributed by atoms with Crippen molar-refractivity contribution in [3.8, 4) is 5.75 Å². The highest BCUT2D eigenvalue weighted by atomic mass is 16.5. The topological polar surface area (TPSA) is 79.5 Å². The lowest BCUT2D eigenvalue weighted by Crippen LogP contribution is -2.22. The fraction of sp³-hybridized carbons (Fsp3) is 0.200. The molecule has 31 heavy (non-hydrogen) atoms. The molecule has 0 aliphatic heterocycles. The molecule has 2 amide bonds. The summed E-state index contributed by atoms with van der Waals surface area (Å²) in [6.45, 7) is 4.23. The molecule has 0 unspecified atom stereocenters. The number of amides is 2. The van der Waals surface area contributed by atoms with Crippen molar-refractivity contribution < 1.29 is 14.3 Å². The number of rotatable bonds is 9. The van der Waals surface area contributed by atoms with Gasteiger partial charge in [0.05, 0.1) is 12.2 Å². The zero-order chi connectivity index (χ0) is 22.1. The second-order valence-corrected chi connectivity index (χ2v) is 7.10. The monoisotopic (exact) mass is 417 g/mol. The fourth-order valence-corrected chi connectivity index (χ4v) is 2.93. The first-order chi connectivity index (χ1) is 15.0. The Hall–Kier alpha value is -3.80. The number of nitrogens with one attached hydrogen (secondary N) is 3. The van der Waals surface area contributed by atoms with E-state index in [9.17, 15) is 9.59 Å². The summed E-state index contributed by atoms with van der Waals surface area (Å²) in [7, 11) is 0. The second kappa shape index (κ2) is 10.8. The third-order valence-corrected chi connectivity index (χ3v) is 4.68. The molecule has 0 bridgehead atoms. The van der Waals surface area contributed by atoms with Gasteiger partial charge in [-0.2, -0.15) is 0 Å². The van der Waals surface area contributed by atoms with Crippen LogP contribution in [0.1, 0.15) is 24.5 Å². The number of benzene rings is 3. The Labute approximate surface area is 182 Å². The molecule has 3 N–H and O–H groups in total. The van der Waals surface area contributed by atoms with Crippen molar-refractivity contribution in [2.45, 2.75) is 26.9 Å². The Bertz CT molecular complexity index is 1040. The Morgan fingerprint density at radius 3 is 2.35 bits per heavy atom. The lowest BCUT2D eigenvalue weighted by Gasteiger charge is -2.14. The minimum absolute atomic E-state index is 0.0691. The second-order valence-electron chi connectivity index (χ2n) is 7.10. The van der Waals surface area contributed by atoms with E-state index in [0.29, 0.717) is 30.2 Å². The molecule has 3 aromatic carbocycles. The minimum atomic E-state index is -0.200. The van der Waals surface area contributed by atoms with E-state index in [-0.39, 0.29) is 18.4 Å². The molecule has 0 saturated carbocycles. The van der Waals surface area contributed by atoms with Crippen LogP contribution in [0.15, 0.2) is 72.8 Å². The fourth-order valence-electron chi connectivity index (χ4n) is 2.93. The normalized spacial score (nSPS) is 10.3. The summed E-state index contributed by atoms with van der Waals surface area (Å²) in [6.07, 6.45) is 0.395. The lowest BCUT2D eigenvalue weighted by atomic mass is 10.1. The molecule has 0 aliphatic rings. The van der Waals surface area contributed by atoms with Gasteiger partial charge in [0.2, 0.25) is 11.8 Å². The number of para-hydroxylation sites is 2. The smallest absolute Gasteiger partial charge is 0.243 e. The Morgan fingerprint density at radius 1 is 0.839 bits per heavy atom. The summed E-state index contributed by atoms with van der Waals surface area (Å²) >= 11 is 0. The molecule has 0 spiro atoms. The molecule has 6 heteroatoms. The molecular formula is C25H27N3O3. The highest BCUT2D eigenvalue weighted by molar-refractivity contribution is 5.96. The van der Waals surface area contributed by atoms with Gasteiger partial charge in [-0.15, -0.1) is 0 Å². The van der Waals surface area contributed by atoms with Crippen LogP contribution in [-0.2, 0) is 16.2 Å². The minimum Gasteiger partial charge on any atom is -0.487 e. The summed E-state index contributed by atoms with van der Waals surface area (Å²) in [5, 5.41) is 8.83. The molecule has 0 aliphatic carbocycles. The zero-order valence-electron chi connectivity index (χ0n) is 17.8. The van der Waals surface area contributed by atoms with Gasteiger partial charge in [-0.05, 0) is 42.3 Å². The molecular weight excluding hydrogens is 390 g/mol. The zero-order valence-corrected chi connectivity index (χ0v) is 17.8. The standard InChI is InChI=1S/C25H27N3O3/c1-3-24(29)28-22-15-20(14-13-18(22)2)27-25(30)16-26-21-11-7-8-12-23(21)31-17-19-9-5-4-6-10-19/h4-15,26H,3,16-17H2,1-2H3,(H,27,30)(H,28,29). The Balaban J connectivity index is 1.57. The van der Waals surface area contributed by atoms with Gasteiger partial charge in [0.15, 0.2) is 0 Å². The number of hydrogen-bond donors (Lipinski definition) is 3. The van der Waals surface area contributed by atoms with Gasteiger partial charge < -0.3 is 20.7 Å². The molecule has 0 aromatic heterocycles. The first-order valence-corrected chi connectivity index (χ1v) is 10.2. The molecule has 3 rings (SSSR count). The molecule has 0 fully saturated rings. The molecule has 3 aromatic rings. The van der Waals surface area contributed by atoms with Crippen LogP contribution in [0.25, 0.3) is 0 Å². The van der Waals surface area contributed by atoms with Crippen LogP contribution in [0.3, 0.4) is 0 Å². The van der Waals surface area contributed by atoms with Gasteiger partial charge in [-0.25, -0.2) is 0 Å². The van der Waals surface area contributed by atoms with Crippen LogP contribution < -0.4 is 20.7 Å². The molecule has 0 heterocycles. The van der Waals surface area contributed by atoms with Crippen molar-refractivity contribution in [2.75, 3.05) is 22.5 Å². The molecule has 0 saturated heterocycles. The largest absolute Gasteiger partial charge is 0.487 e. The predicted octanol–water partition coefficient (Wildman–Crippen LogP) is 4.97. The quantitative estimate of drug-likeness (QED) is 0.459. The van der Waals surface area contributed by atoms with Gasteiger partial charge in [0.1, 0.15) is 12.4 Å². The molecule has 0 atom stereocenters. The Morgan fingerprint density at radius 2 is 1.58 bits per heavy atom. The number of anilines is 3. The van der Waals surface area contributed by atoms with Crippen molar-refractivity contribution >= 4 is 28.9 Å². The van der Waals surface area contributed by atoms with Crippen LogP contribution in [-0.4, -0.2) is 18.4 Å². The summed E-state index contributed by atoms with van der Waals surface area (Å²) in [5.74, 6) is 0.411. The number of ether oxygens (including phenoxy) is 1. The van der Waals surface area contributed by atoms with Crippen LogP contribution in [0, 0.1) is 6.92 Å². The number of carbonyl (C=O) groups is 2. The summed E-state index contributed by atoms with van der Waals surface area (Å²) in [6, 6.07) is 22.9. The summed E-state index contributed by atoms with van der Waals surface area (Å²) < 4.78 is 5.92. The van der Waals surface area contributed by atoms with Gasteiger partial charge in [-0.1, -0.05) is 55.5 Å². The molecule has 6 nitrogen and oxygen atoms in total. The number of carbonyl (C=O) groups excluding carboxylic acids is 2. The van der Waals surface area contributed by atoms with Crippen molar-refractivity contribution in [3.05, 3.63) is 83.9 Å². The van der Waals surface area contributed by atoms with Gasteiger partial charge in [0.25, 0.3) is 0 Å². The van der Waals surface area contributed by atoms with E-state index in [0.717, 1.165) is 16.8 Å². The maximum Gasteiger partial charge on any atom is 0.243 e.